The summed E-state index contributed by atoms with van der Waals surface area (Å²) in [5, 5.41) is 9.16. The minimum absolute atomic E-state index is 0.561. The van der Waals surface area contributed by atoms with Gasteiger partial charge in [-0.3, -0.25) is 4.79 Å². The molecule has 1 aliphatic rings. The van der Waals surface area contributed by atoms with Crippen LogP contribution in [0.4, 0.5) is 0 Å². The van der Waals surface area contributed by atoms with Gasteiger partial charge in [0.05, 0.1) is 12.0 Å². The van der Waals surface area contributed by atoms with Crippen molar-refractivity contribution >= 4 is 5.97 Å². The molecule has 0 saturated heterocycles. The van der Waals surface area contributed by atoms with E-state index >= 15 is 0 Å². The summed E-state index contributed by atoms with van der Waals surface area (Å²) < 4.78 is 5.90. The van der Waals surface area contributed by atoms with Crippen LogP contribution in [0.3, 0.4) is 0 Å². The molecule has 1 aromatic heterocycles. The van der Waals surface area contributed by atoms with Crippen molar-refractivity contribution in [1.82, 2.24) is 4.98 Å². The maximum atomic E-state index is 11.1. The van der Waals surface area contributed by atoms with E-state index in [9.17, 15) is 4.79 Å². The van der Waals surface area contributed by atoms with Gasteiger partial charge in [-0.15, -0.1) is 0 Å². The standard InChI is InChI=1S/C22H27NO3/c1-22(2,21(24)25)12-6-7-13-26-20-15-18(16-8-4-3-5-9-16)14-19(23-20)17-10-11-17/h3-5,8-9,14-15,17H,6-7,10-13H2,1-2H3,(H,24,25). The Hall–Kier alpha value is -2.36. The third-order valence-electron chi connectivity index (χ3n) is 4.95. The van der Waals surface area contributed by atoms with E-state index in [2.05, 4.69) is 23.2 Å². The predicted octanol–water partition coefficient (Wildman–Crippen LogP) is 5.29. The molecule has 26 heavy (non-hydrogen) atoms. The number of unbranched alkanes of at least 4 members (excludes halogenated alkanes) is 1. The number of ether oxygens (including phenoxy) is 1. The zero-order valence-corrected chi connectivity index (χ0v) is 15.6. The van der Waals surface area contributed by atoms with Crippen molar-refractivity contribution < 1.29 is 14.6 Å². The summed E-state index contributed by atoms with van der Waals surface area (Å²) in [6.07, 6.45) is 4.71. The van der Waals surface area contributed by atoms with Gasteiger partial charge in [0, 0.05) is 17.7 Å². The number of benzene rings is 1. The Morgan fingerprint density at radius 1 is 1.15 bits per heavy atom. The first-order valence-electron chi connectivity index (χ1n) is 9.39. The largest absolute Gasteiger partial charge is 0.481 e. The minimum atomic E-state index is -0.746. The molecule has 1 aromatic carbocycles. The second-order valence-corrected chi connectivity index (χ2v) is 7.75. The first-order chi connectivity index (χ1) is 12.5. The highest BCUT2D eigenvalue weighted by Gasteiger charge is 2.27. The van der Waals surface area contributed by atoms with Crippen LogP contribution in [0.1, 0.15) is 57.6 Å². The molecule has 1 saturated carbocycles. The van der Waals surface area contributed by atoms with Crippen molar-refractivity contribution in [2.75, 3.05) is 6.61 Å². The molecule has 3 rings (SSSR count). The van der Waals surface area contributed by atoms with Crippen LogP contribution < -0.4 is 4.74 Å². The normalized spacial score (nSPS) is 14.2. The summed E-state index contributed by atoms with van der Waals surface area (Å²) in [7, 11) is 0. The summed E-state index contributed by atoms with van der Waals surface area (Å²) in [5.41, 5.74) is 2.76. The maximum Gasteiger partial charge on any atom is 0.309 e. The number of rotatable bonds is 9. The molecular formula is C22H27NO3. The van der Waals surface area contributed by atoms with Gasteiger partial charge in [0.25, 0.3) is 0 Å². The van der Waals surface area contributed by atoms with Gasteiger partial charge in [0.2, 0.25) is 5.88 Å². The number of hydrogen-bond acceptors (Lipinski definition) is 3. The minimum Gasteiger partial charge on any atom is -0.481 e. The molecule has 1 N–H and O–H groups in total. The second kappa shape index (κ2) is 7.90. The van der Waals surface area contributed by atoms with Crippen LogP contribution in [0.15, 0.2) is 42.5 Å². The molecule has 0 atom stereocenters. The van der Waals surface area contributed by atoms with Crippen LogP contribution in [0, 0.1) is 5.41 Å². The molecule has 0 amide bonds. The average molecular weight is 353 g/mol. The topological polar surface area (TPSA) is 59.4 Å². The van der Waals surface area contributed by atoms with Crippen molar-refractivity contribution in [2.45, 2.75) is 51.9 Å². The Kier molecular flexibility index (Phi) is 5.60. The van der Waals surface area contributed by atoms with E-state index < -0.39 is 11.4 Å². The van der Waals surface area contributed by atoms with Crippen molar-refractivity contribution in [3.63, 3.8) is 0 Å². The summed E-state index contributed by atoms with van der Waals surface area (Å²) >= 11 is 0. The fourth-order valence-electron chi connectivity index (χ4n) is 2.94. The second-order valence-electron chi connectivity index (χ2n) is 7.75. The van der Waals surface area contributed by atoms with E-state index in [-0.39, 0.29) is 0 Å². The lowest BCUT2D eigenvalue weighted by Gasteiger charge is -2.18. The molecule has 138 valence electrons. The maximum absolute atomic E-state index is 11.1. The van der Waals surface area contributed by atoms with Crippen LogP contribution in [-0.2, 0) is 4.79 Å². The number of nitrogens with zero attached hydrogens (tertiary/aromatic N) is 1. The first kappa shape index (κ1) is 18.4. The number of pyridine rings is 1. The number of aromatic nitrogens is 1. The molecule has 4 nitrogen and oxygen atoms in total. The van der Waals surface area contributed by atoms with Gasteiger partial charge in [-0.2, -0.15) is 0 Å². The Morgan fingerprint density at radius 2 is 1.88 bits per heavy atom. The fraction of sp³-hybridized carbons (Fsp3) is 0.455. The lowest BCUT2D eigenvalue weighted by molar-refractivity contribution is -0.147. The van der Waals surface area contributed by atoms with E-state index in [1.54, 1.807) is 13.8 Å². The SMILES string of the molecule is CC(C)(CCCCOc1cc(-c2ccccc2)cc(C2CC2)n1)C(=O)O. The lowest BCUT2D eigenvalue weighted by Crippen LogP contribution is -2.23. The summed E-state index contributed by atoms with van der Waals surface area (Å²) in [4.78, 5) is 15.8. The molecule has 0 spiro atoms. The molecule has 2 aromatic rings. The molecule has 4 heteroatoms. The van der Waals surface area contributed by atoms with Gasteiger partial charge in [-0.25, -0.2) is 4.98 Å². The Morgan fingerprint density at radius 3 is 2.54 bits per heavy atom. The van der Waals surface area contributed by atoms with E-state index in [4.69, 9.17) is 9.84 Å². The molecule has 1 aliphatic carbocycles. The number of carbonyl (C=O) groups is 1. The van der Waals surface area contributed by atoms with Gasteiger partial charge in [-0.1, -0.05) is 30.3 Å². The first-order valence-corrected chi connectivity index (χ1v) is 9.39. The number of hydrogen-bond donors (Lipinski definition) is 1. The number of carboxylic acid groups (broad SMARTS) is 1. The van der Waals surface area contributed by atoms with Gasteiger partial charge in [0.1, 0.15) is 0 Å². The summed E-state index contributed by atoms with van der Waals surface area (Å²) in [6, 6.07) is 14.5. The van der Waals surface area contributed by atoms with Crippen LogP contribution in [-0.4, -0.2) is 22.7 Å². The molecule has 0 radical (unpaired) electrons. The predicted molar refractivity (Wildman–Crippen MR) is 102 cm³/mol. The average Bonchev–Trinajstić information content (AvgIpc) is 3.47. The van der Waals surface area contributed by atoms with E-state index in [1.165, 1.54) is 18.4 Å². The molecule has 1 fully saturated rings. The summed E-state index contributed by atoms with van der Waals surface area (Å²) in [5.74, 6) is 0.493. The molecule has 0 unspecified atom stereocenters. The quantitative estimate of drug-likeness (QED) is 0.623. The Balaban J connectivity index is 1.61. The molecule has 0 bridgehead atoms. The van der Waals surface area contributed by atoms with Gasteiger partial charge in [-0.05, 0) is 63.1 Å². The molecule has 0 aliphatic heterocycles. The molecule has 1 heterocycles. The smallest absolute Gasteiger partial charge is 0.309 e. The highest BCUT2D eigenvalue weighted by molar-refractivity contribution is 5.73. The zero-order valence-electron chi connectivity index (χ0n) is 15.6. The van der Waals surface area contributed by atoms with E-state index in [0.717, 1.165) is 24.1 Å². The van der Waals surface area contributed by atoms with Crippen LogP contribution in [0.25, 0.3) is 11.1 Å². The summed E-state index contributed by atoms with van der Waals surface area (Å²) in [6.45, 7) is 4.09. The van der Waals surface area contributed by atoms with E-state index in [0.29, 0.717) is 24.8 Å². The monoisotopic (exact) mass is 353 g/mol. The van der Waals surface area contributed by atoms with Crippen molar-refractivity contribution in [2.24, 2.45) is 5.41 Å². The highest BCUT2D eigenvalue weighted by atomic mass is 16.5. The van der Waals surface area contributed by atoms with Crippen molar-refractivity contribution in [3.05, 3.63) is 48.2 Å². The van der Waals surface area contributed by atoms with Crippen LogP contribution in [0.5, 0.6) is 5.88 Å². The highest BCUT2D eigenvalue weighted by Crippen LogP contribution is 2.41. The van der Waals surface area contributed by atoms with Gasteiger partial charge >= 0.3 is 5.97 Å². The Labute approximate surface area is 155 Å². The van der Waals surface area contributed by atoms with Gasteiger partial charge in [0.15, 0.2) is 0 Å². The van der Waals surface area contributed by atoms with E-state index in [1.807, 2.05) is 24.3 Å². The fourth-order valence-corrected chi connectivity index (χ4v) is 2.94. The lowest BCUT2D eigenvalue weighted by atomic mass is 9.87. The number of carboxylic acids is 1. The third-order valence-corrected chi connectivity index (χ3v) is 4.95. The third kappa shape index (κ3) is 4.84. The van der Waals surface area contributed by atoms with Crippen LogP contribution >= 0.6 is 0 Å². The van der Waals surface area contributed by atoms with Crippen molar-refractivity contribution in [1.29, 1.82) is 0 Å². The zero-order chi connectivity index (χ0) is 18.6. The number of aliphatic carboxylic acids is 1. The van der Waals surface area contributed by atoms with Crippen molar-refractivity contribution in [3.8, 4) is 17.0 Å². The van der Waals surface area contributed by atoms with Gasteiger partial charge < -0.3 is 9.84 Å². The van der Waals surface area contributed by atoms with Crippen LogP contribution in [0.2, 0.25) is 0 Å². The Bertz CT molecular complexity index is 751. The molecular weight excluding hydrogens is 326 g/mol.